The summed E-state index contributed by atoms with van der Waals surface area (Å²) in [6.07, 6.45) is 0. The van der Waals surface area contributed by atoms with Gasteiger partial charge in [-0.15, -0.1) is 0 Å². The van der Waals surface area contributed by atoms with Gasteiger partial charge < -0.3 is 15.7 Å². The Balaban J connectivity index is 1.82. The summed E-state index contributed by atoms with van der Waals surface area (Å²) in [6, 6.07) is 15.8. The molecular formula is C17H12Cl2N2O2. The van der Waals surface area contributed by atoms with Gasteiger partial charge in [0.2, 0.25) is 0 Å². The lowest BCUT2D eigenvalue weighted by molar-refractivity contribution is 0.262. The second kappa shape index (κ2) is 6.36. The van der Waals surface area contributed by atoms with Crippen molar-refractivity contribution in [1.82, 2.24) is 0 Å². The van der Waals surface area contributed by atoms with E-state index in [4.69, 9.17) is 23.2 Å². The highest BCUT2D eigenvalue weighted by atomic mass is 35.5. The zero-order valence-corrected chi connectivity index (χ0v) is 13.3. The molecule has 23 heavy (non-hydrogen) atoms. The number of benzene rings is 3. The molecule has 0 saturated carbocycles. The summed E-state index contributed by atoms with van der Waals surface area (Å²) < 4.78 is 0. The SMILES string of the molecule is O=C(Nc1cc(Cl)c(O)c(Cl)c1)Nc1cccc2ccccc12. The molecule has 0 aliphatic carbocycles. The van der Waals surface area contributed by atoms with Crippen LogP contribution in [0.3, 0.4) is 0 Å². The van der Waals surface area contributed by atoms with E-state index in [2.05, 4.69) is 10.6 Å². The van der Waals surface area contributed by atoms with E-state index in [0.717, 1.165) is 10.8 Å². The molecule has 0 radical (unpaired) electrons. The number of anilines is 2. The van der Waals surface area contributed by atoms with Gasteiger partial charge in [0.25, 0.3) is 0 Å². The summed E-state index contributed by atoms with van der Waals surface area (Å²) in [6.45, 7) is 0. The Morgan fingerprint density at radius 2 is 1.57 bits per heavy atom. The summed E-state index contributed by atoms with van der Waals surface area (Å²) in [5.41, 5.74) is 1.08. The molecule has 0 heterocycles. The molecule has 3 aromatic rings. The van der Waals surface area contributed by atoms with Crippen LogP contribution in [-0.2, 0) is 0 Å². The van der Waals surface area contributed by atoms with E-state index in [1.165, 1.54) is 12.1 Å². The molecule has 6 heteroatoms. The average molecular weight is 347 g/mol. The van der Waals surface area contributed by atoms with Crippen LogP contribution in [0.25, 0.3) is 10.8 Å². The lowest BCUT2D eigenvalue weighted by Crippen LogP contribution is -2.19. The number of aromatic hydroxyl groups is 1. The zero-order valence-electron chi connectivity index (χ0n) is 11.8. The Labute approximate surface area is 142 Å². The number of phenolic OH excluding ortho intramolecular Hbond substituents is 1. The summed E-state index contributed by atoms with van der Waals surface area (Å²) in [5.74, 6) is -0.214. The lowest BCUT2D eigenvalue weighted by Gasteiger charge is -2.11. The van der Waals surface area contributed by atoms with E-state index in [1.54, 1.807) is 0 Å². The highest BCUT2D eigenvalue weighted by Gasteiger charge is 2.10. The third kappa shape index (κ3) is 3.33. The van der Waals surface area contributed by atoms with Gasteiger partial charge in [-0.05, 0) is 23.6 Å². The Kier molecular flexibility index (Phi) is 4.28. The number of carbonyl (C=O) groups excluding carboxylic acids is 1. The number of nitrogens with one attached hydrogen (secondary N) is 2. The molecule has 4 nitrogen and oxygen atoms in total. The van der Waals surface area contributed by atoms with Crippen LogP contribution >= 0.6 is 23.2 Å². The van der Waals surface area contributed by atoms with Crippen molar-refractivity contribution in [2.45, 2.75) is 0 Å². The van der Waals surface area contributed by atoms with Gasteiger partial charge in [-0.3, -0.25) is 0 Å². The van der Waals surface area contributed by atoms with Gasteiger partial charge in [0.1, 0.15) is 0 Å². The summed E-state index contributed by atoms with van der Waals surface area (Å²) in [7, 11) is 0. The first kappa shape index (κ1) is 15.5. The number of rotatable bonds is 2. The molecule has 0 atom stereocenters. The minimum absolute atomic E-state index is 0.0676. The molecule has 0 saturated heterocycles. The van der Waals surface area contributed by atoms with Crippen LogP contribution in [0.5, 0.6) is 5.75 Å². The van der Waals surface area contributed by atoms with Crippen LogP contribution in [-0.4, -0.2) is 11.1 Å². The smallest absolute Gasteiger partial charge is 0.323 e. The van der Waals surface area contributed by atoms with Crippen LogP contribution in [0, 0.1) is 0 Å². The number of urea groups is 1. The Morgan fingerprint density at radius 3 is 2.30 bits per heavy atom. The predicted octanol–water partition coefficient (Wildman–Crippen LogP) is 5.50. The van der Waals surface area contributed by atoms with Crippen LogP contribution in [0.15, 0.2) is 54.6 Å². The van der Waals surface area contributed by atoms with Crippen molar-refractivity contribution in [3.63, 3.8) is 0 Å². The topological polar surface area (TPSA) is 61.4 Å². The number of hydrogen-bond acceptors (Lipinski definition) is 2. The lowest BCUT2D eigenvalue weighted by atomic mass is 10.1. The number of amides is 2. The second-order valence-electron chi connectivity index (χ2n) is 4.89. The van der Waals surface area contributed by atoms with Crippen molar-refractivity contribution >= 4 is 51.4 Å². The van der Waals surface area contributed by atoms with Crippen molar-refractivity contribution in [2.24, 2.45) is 0 Å². The minimum atomic E-state index is -0.431. The molecule has 0 aliphatic rings. The molecule has 0 unspecified atom stereocenters. The highest BCUT2D eigenvalue weighted by Crippen LogP contribution is 2.34. The Morgan fingerprint density at radius 1 is 0.913 bits per heavy atom. The van der Waals surface area contributed by atoms with Crippen molar-refractivity contribution in [3.8, 4) is 5.75 Å². The number of hydrogen-bond donors (Lipinski definition) is 3. The molecule has 0 aliphatic heterocycles. The average Bonchev–Trinajstić information content (AvgIpc) is 2.53. The predicted molar refractivity (Wildman–Crippen MR) is 94.7 cm³/mol. The first-order valence-electron chi connectivity index (χ1n) is 6.78. The minimum Gasteiger partial charge on any atom is -0.505 e. The van der Waals surface area contributed by atoms with E-state index >= 15 is 0 Å². The normalized spacial score (nSPS) is 10.5. The molecule has 3 rings (SSSR count). The molecule has 3 aromatic carbocycles. The van der Waals surface area contributed by atoms with Gasteiger partial charge in [-0.25, -0.2) is 4.79 Å². The number of carbonyl (C=O) groups is 1. The van der Waals surface area contributed by atoms with E-state index < -0.39 is 6.03 Å². The summed E-state index contributed by atoms with van der Waals surface area (Å²) >= 11 is 11.7. The fourth-order valence-corrected chi connectivity index (χ4v) is 2.74. The van der Waals surface area contributed by atoms with E-state index in [-0.39, 0.29) is 15.8 Å². The number of halogens is 2. The fraction of sp³-hybridized carbons (Fsp3) is 0. The molecule has 0 bridgehead atoms. The third-order valence-electron chi connectivity index (χ3n) is 3.31. The maximum absolute atomic E-state index is 12.2. The maximum atomic E-state index is 12.2. The van der Waals surface area contributed by atoms with E-state index in [9.17, 15) is 9.90 Å². The van der Waals surface area contributed by atoms with Gasteiger partial charge in [0.15, 0.2) is 5.75 Å². The van der Waals surface area contributed by atoms with Gasteiger partial charge in [0.05, 0.1) is 15.7 Å². The number of phenols is 1. The fourth-order valence-electron chi connectivity index (χ4n) is 2.26. The van der Waals surface area contributed by atoms with Crippen LogP contribution in [0.4, 0.5) is 16.2 Å². The Bertz CT molecular complexity index is 868. The van der Waals surface area contributed by atoms with Gasteiger partial charge in [-0.1, -0.05) is 59.6 Å². The maximum Gasteiger partial charge on any atom is 0.323 e. The molecule has 0 fully saturated rings. The van der Waals surface area contributed by atoms with Gasteiger partial charge >= 0.3 is 6.03 Å². The summed E-state index contributed by atoms with van der Waals surface area (Å²) in [4.78, 5) is 12.2. The molecule has 0 aromatic heterocycles. The van der Waals surface area contributed by atoms with Crippen LogP contribution in [0.1, 0.15) is 0 Å². The van der Waals surface area contributed by atoms with E-state index in [0.29, 0.717) is 11.4 Å². The third-order valence-corrected chi connectivity index (χ3v) is 3.89. The standard InChI is InChI=1S/C17H12Cl2N2O2/c18-13-8-11(9-14(19)16(13)22)20-17(23)21-15-7-3-5-10-4-1-2-6-12(10)15/h1-9,22H,(H2,20,21,23). The monoisotopic (exact) mass is 346 g/mol. The molecule has 2 amide bonds. The quantitative estimate of drug-likeness (QED) is 0.536. The van der Waals surface area contributed by atoms with Crippen LogP contribution in [0.2, 0.25) is 10.0 Å². The molecular weight excluding hydrogens is 335 g/mol. The largest absolute Gasteiger partial charge is 0.505 e. The van der Waals surface area contributed by atoms with Crippen molar-refractivity contribution < 1.29 is 9.90 Å². The van der Waals surface area contributed by atoms with Crippen molar-refractivity contribution in [3.05, 3.63) is 64.6 Å². The van der Waals surface area contributed by atoms with Crippen molar-refractivity contribution in [1.29, 1.82) is 0 Å². The molecule has 116 valence electrons. The zero-order chi connectivity index (χ0) is 16.4. The first-order valence-corrected chi connectivity index (χ1v) is 7.54. The van der Waals surface area contributed by atoms with Gasteiger partial charge in [0, 0.05) is 11.1 Å². The van der Waals surface area contributed by atoms with E-state index in [1.807, 2.05) is 42.5 Å². The second-order valence-corrected chi connectivity index (χ2v) is 5.71. The number of fused-ring (bicyclic) bond motifs is 1. The highest BCUT2D eigenvalue weighted by molar-refractivity contribution is 6.37. The summed E-state index contributed by atoms with van der Waals surface area (Å²) in [5, 5.41) is 17.0. The van der Waals surface area contributed by atoms with Crippen molar-refractivity contribution in [2.75, 3.05) is 10.6 Å². The Hall–Kier alpha value is -2.43. The molecule has 3 N–H and O–H groups in total. The van der Waals surface area contributed by atoms with Crippen LogP contribution < -0.4 is 10.6 Å². The first-order chi connectivity index (χ1) is 11.0. The molecule has 0 spiro atoms. The van der Waals surface area contributed by atoms with Gasteiger partial charge in [-0.2, -0.15) is 0 Å².